The molecule has 2 aromatic rings. The second-order valence-electron chi connectivity index (χ2n) is 7.10. The quantitative estimate of drug-likeness (QED) is 0.772. The molecule has 3 rings (SSSR count). The Bertz CT molecular complexity index is 900. The Hall–Kier alpha value is -2.38. The van der Waals surface area contributed by atoms with Gasteiger partial charge in [-0.15, -0.1) is 0 Å². The average Bonchev–Trinajstić information content (AvgIpc) is 2.71. The molecule has 1 atom stereocenters. The first-order valence-corrected chi connectivity index (χ1v) is 11.2. The molecule has 1 amide bonds. The highest BCUT2D eigenvalue weighted by Crippen LogP contribution is 2.19. The number of benzene rings is 2. The normalized spacial score (nSPS) is 17.8. The second-order valence-corrected chi connectivity index (χ2v) is 9.08. The van der Waals surface area contributed by atoms with Crippen molar-refractivity contribution in [1.29, 1.82) is 0 Å². The molecular formula is C21H26N2O4S. The summed E-state index contributed by atoms with van der Waals surface area (Å²) in [7, 11) is -3.25. The zero-order valence-electron chi connectivity index (χ0n) is 16.0. The Morgan fingerprint density at radius 1 is 1.14 bits per heavy atom. The predicted octanol–water partition coefficient (Wildman–Crippen LogP) is 2.55. The number of carbonyl (C=O) groups is 1. The maximum Gasteiger partial charge on any atom is 0.224 e. The third-order valence-corrected chi connectivity index (χ3v) is 6.10. The van der Waals surface area contributed by atoms with Gasteiger partial charge in [-0.2, -0.15) is 0 Å². The molecule has 28 heavy (non-hydrogen) atoms. The summed E-state index contributed by atoms with van der Waals surface area (Å²) in [6.45, 7) is 1.62. The van der Waals surface area contributed by atoms with E-state index in [0.717, 1.165) is 16.9 Å². The van der Waals surface area contributed by atoms with Crippen LogP contribution in [-0.4, -0.2) is 38.0 Å². The van der Waals surface area contributed by atoms with E-state index in [2.05, 4.69) is 5.32 Å². The molecule has 0 aromatic heterocycles. The van der Waals surface area contributed by atoms with E-state index in [9.17, 15) is 13.2 Å². The van der Waals surface area contributed by atoms with Gasteiger partial charge in [-0.05, 0) is 36.1 Å². The van der Waals surface area contributed by atoms with E-state index < -0.39 is 10.0 Å². The van der Waals surface area contributed by atoms with E-state index in [-0.39, 0.29) is 18.4 Å². The van der Waals surface area contributed by atoms with Gasteiger partial charge < -0.3 is 10.1 Å². The van der Waals surface area contributed by atoms with Crippen LogP contribution in [0, 0.1) is 5.92 Å². The number of hydrogen-bond acceptors (Lipinski definition) is 4. The van der Waals surface area contributed by atoms with Gasteiger partial charge >= 0.3 is 0 Å². The number of ether oxygens (including phenoxy) is 1. The number of nitrogens with zero attached hydrogens (tertiary/aromatic N) is 1. The van der Waals surface area contributed by atoms with Crippen LogP contribution >= 0.6 is 0 Å². The molecule has 150 valence electrons. The Morgan fingerprint density at radius 3 is 2.64 bits per heavy atom. The van der Waals surface area contributed by atoms with Gasteiger partial charge in [0.15, 0.2) is 0 Å². The Kier molecular flexibility index (Phi) is 6.70. The minimum atomic E-state index is -3.25. The summed E-state index contributed by atoms with van der Waals surface area (Å²) >= 11 is 0. The number of sulfonamides is 1. The molecule has 0 bridgehead atoms. The first-order chi connectivity index (χ1) is 13.4. The minimum Gasteiger partial charge on any atom is -0.489 e. The lowest BCUT2D eigenvalue weighted by molar-refractivity contribution is -0.126. The molecule has 1 fully saturated rings. The number of carbonyl (C=O) groups excluding carboxylic acids is 1. The number of nitrogens with one attached hydrogen (secondary N) is 1. The Morgan fingerprint density at radius 2 is 1.89 bits per heavy atom. The number of amides is 1. The highest BCUT2D eigenvalue weighted by atomic mass is 32.2. The third-order valence-electron chi connectivity index (χ3n) is 4.83. The third kappa shape index (κ3) is 5.81. The van der Waals surface area contributed by atoms with E-state index in [1.165, 1.54) is 10.6 Å². The van der Waals surface area contributed by atoms with Crippen LogP contribution in [0.15, 0.2) is 54.6 Å². The molecule has 0 saturated carbocycles. The lowest BCUT2D eigenvalue weighted by Gasteiger charge is -2.30. The van der Waals surface area contributed by atoms with Crippen LogP contribution in [-0.2, 0) is 28.0 Å². The van der Waals surface area contributed by atoms with Crippen LogP contribution in [0.2, 0.25) is 0 Å². The number of rotatable bonds is 7. The predicted molar refractivity (Wildman–Crippen MR) is 108 cm³/mol. The van der Waals surface area contributed by atoms with Crippen molar-refractivity contribution in [2.75, 3.05) is 19.3 Å². The summed E-state index contributed by atoms with van der Waals surface area (Å²) in [5.74, 6) is 0.418. The topological polar surface area (TPSA) is 75.7 Å². The lowest BCUT2D eigenvalue weighted by atomic mass is 9.98. The first-order valence-electron chi connectivity index (χ1n) is 9.40. The summed E-state index contributed by atoms with van der Waals surface area (Å²) < 4.78 is 30.6. The molecule has 1 aliphatic heterocycles. The summed E-state index contributed by atoms with van der Waals surface area (Å²) in [5.41, 5.74) is 2.01. The number of hydrogen-bond donors (Lipinski definition) is 1. The molecule has 0 radical (unpaired) electrons. The van der Waals surface area contributed by atoms with Crippen molar-refractivity contribution in [3.63, 3.8) is 0 Å². The van der Waals surface area contributed by atoms with Gasteiger partial charge in [-0.1, -0.05) is 42.5 Å². The van der Waals surface area contributed by atoms with E-state index >= 15 is 0 Å². The smallest absolute Gasteiger partial charge is 0.224 e. The molecule has 6 nitrogen and oxygen atoms in total. The molecule has 1 aliphatic rings. The number of piperidine rings is 1. The highest BCUT2D eigenvalue weighted by molar-refractivity contribution is 7.88. The maximum atomic E-state index is 12.5. The van der Waals surface area contributed by atoms with Gasteiger partial charge in [0.05, 0.1) is 12.2 Å². The van der Waals surface area contributed by atoms with Crippen LogP contribution in [0.25, 0.3) is 0 Å². The fourth-order valence-electron chi connectivity index (χ4n) is 3.30. The van der Waals surface area contributed by atoms with Gasteiger partial charge in [-0.3, -0.25) is 4.79 Å². The van der Waals surface area contributed by atoms with E-state index in [4.69, 9.17) is 4.74 Å². The van der Waals surface area contributed by atoms with Crippen LogP contribution in [0.1, 0.15) is 24.0 Å². The van der Waals surface area contributed by atoms with Crippen molar-refractivity contribution in [2.45, 2.75) is 26.0 Å². The zero-order chi connectivity index (χ0) is 20.0. The average molecular weight is 403 g/mol. The molecule has 1 heterocycles. The molecular weight excluding hydrogens is 376 g/mol. The van der Waals surface area contributed by atoms with Gasteiger partial charge in [0.25, 0.3) is 0 Å². The van der Waals surface area contributed by atoms with Crippen molar-refractivity contribution >= 4 is 15.9 Å². The van der Waals surface area contributed by atoms with E-state index in [1.807, 2.05) is 54.6 Å². The fraction of sp³-hybridized carbons (Fsp3) is 0.381. The molecule has 7 heteroatoms. The minimum absolute atomic E-state index is 0.0979. The molecule has 0 spiro atoms. The summed E-state index contributed by atoms with van der Waals surface area (Å²) in [6, 6.07) is 17.5. The maximum absolute atomic E-state index is 12.5. The zero-order valence-corrected chi connectivity index (χ0v) is 16.8. The summed E-state index contributed by atoms with van der Waals surface area (Å²) in [5, 5.41) is 2.94. The Balaban J connectivity index is 1.52. The van der Waals surface area contributed by atoms with Gasteiger partial charge in [0.1, 0.15) is 12.4 Å². The Labute approximate surface area is 166 Å². The van der Waals surface area contributed by atoms with E-state index in [1.54, 1.807) is 0 Å². The monoisotopic (exact) mass is 402 g/mol. The molecule has 1 saturated heterocycles. The SMILES string of the molecule is CS(=O)(=O)N1CCCC(C(=O)NCc2cccc(COc3ccccc3)c2)C1. The molecule has 1 unspecified atom stereocenters. The van der Waals surface area contributed by atoms with Crippen molar-refractivity contribution in [1.82, 2.24) is 9.62 Å². The van der Waals surface area contributed by atoms with Gasteiger partial charge in [0, 0.05) is 19.6 Å². The number of para-hydroxylation sites is 1. The summed E-state index contributed by atoms with van der Waals surface area (Å²) in [6.07, 6.45) is 2.61. The summed E-state index contributed by atoms with van der Waals surface area (Å²) in [4.78, 5) is 12.5. The highest BCUT2D eigenvalue weighted by Gasteiger charge is 2.29. The van der Waals surface area contributed by atoms with Crippen LogP contribution in [0.3, 0.4) is 0 Å². The van der Waals surface area contributed by atoms with Crippen LogP contribution in [0.5, 0.6) is 5.75 Å². The largest absolute Gasteiger partial charge is 0.489 e. The lowest BCUT2D eigenvalue weighted by Crippen LogP contribution is -2.44. The fourth-order valence-corrected chi connectivity index (χ4v) is 4.22. The van der Waals surface area contributed by atoms with Gasteiger partial charge in [0.2, 0.25) is 15.9 Å². The van der Waals surface area contributed by atoms with Gasteiger partial charge in [-0.25, -0.2) is 12.7 Å². The van der Waals surface area contributed by atoms with Crippen LogP contribution in [0.4, 0.5) is 0 Å². The molecule has 2 aromatic carbocycles. The van der Waals surface area contributed by atoms with Crippen molar-refractivity contribution in [2.24, 2.45) is 5.92 Å². The van der Waals surface area contributed by atoms with Crippen molar-refractivity contribution < 1.29 is 17.9 Å². The van der Waals surface area contributed by atoms with Crippen molar-refractivity contribution in [3.8, 4) is 5.75 Å². The van der Waals surface area contributed by atoms with Crippen LogP contribution < -0.4 is 10.1 Å². The molecule has 0 aliphatic carbocycles. The van der Waals surface area contributed by atoms with E-state index in [0.29, 0.717) is 32.5 Å². The first kappa shape index (κ1) is 20.4. The van der Waals surface area contributed by atoms with Crippen molar-refractivity contribution in [3.05, 3.63) is 65.7 Å². The second kappa shape index (κ2) is 9.21. The standard InChI is InChI=1S/C21H26N2O4S/c1-28(25,26)23-12-6-9-19(15-23)21(24)22-14-17-7-5-8-18(13-17)16-27-20-10-3-2-4-11-20/h2-5,7-8,10-11,13,19H,6,9,12,14-16H2,1H3,(H,22,24). The molecule has 1 N–H and O–H groups in total.